The maximum absolute atomic E-state index is 10.5. The standard InChI is InChI=1S/C12H20O4.2Na/c1-9(2)6-4-3-5-7-10(12(15)16)8-11(13)14;;/h8-9H,3-7H2,1-2H3,(H,13,14)(H,15,16);;/q;2*+1/p-2/b10-8-;;. The minimum atomic E-state index is -1.48. The minimum Gasteiger partial charge on any atom is -0.545 e. The van der Waals surface area contributed by atoms with Gasteiger partial charge in [-0.3, -0.25) is 0 Å². The van der Waals surface area contributed by atoms with Gasteiger partial charge in [-0.1, -0.05) is 33.1 Å². The molecule has 0 bridgehead atoms. The molecule has 18 heavy (non-hydrogen) atoms. The molecule has 4 nitrogen and oxygen atoms in total. The zero-order chi connectivity index (χ0) is 12.6. The molecule has 0 spiro atoms. The zero-order valence-electron chi connectivity index (χ0n) is 11.8. The van der Waals surface area contributed by atoms with E-state index in [0.717, 1.165) is 19.3 Å². The Morgan fingerprint density at radius 2 is 1.61 bits per heavy atom. The van der Waals surface area contributed by atoms with Crippen LogP contribution in [-0.2, 0) is 9.59 Å². The van der Waals surface area contributed by atoms with Crippen LogP contribution in [0.5, 0.6) is 0 Å². The van der Waals surface area contributed by atoms with Crippen molar-refractivity contribution in [2.45, 2.75) is 46.0 Å². The SMILES string of the molecule is CC(C)CCCCC/C(=C/C(=O)[O-])C(=O)[O-].[Na+].[Na+]. The summed E-state index contributed by atoms with van der Waals surface area (Å²) in [5.74, 6) is -2.27. The van der Waals surface area contributed by atoms with Crippen LogP contribution in [0.3, 0.4) is 0 Å². The summed E-state index contributed by atoms with van der Waals surface area (Å²) in [6.07, 6.45) is 4.54. The molecule has 0 heterocycles. The molecule has 0 aromatic rings. The normalized spacial score (nSPS) is 10.5. The first-order chi connectivity index (χ1) is 7.43. The van der Waals surface area contributed by atoms with E-state index in [0.29, 0.717) is 18.4 Å². The van der Waals surface area contributed by atoms with Gasteiger partial charge in [-0.25, -0.2) is 0 Å². The third-order valence-corrected chi connectivity index (χ3v) is 2.28. The Labute approximate surface area is 153 Å². The first kappa shape index (κ1) is 23.7. The van der Waals surface area contributed by atoms with Crippen molar-refractivity contribution >= 4 is 11.9 Å². The Bertz CT molecular complexity index is 275. The predicted octanol–water partition coefficient (Wildman–Crippen LogP) is -5.97. The average Bonchev–Trinajstić information content (AvgIpc) is 2.14. The number of carbonyl (C=O) groups is 2. The van der Waals surface area contributed by atoms with Crippen molar-refractivity contribution < 1.29 is 78.9 Å². The number of rotatable bonds is 8. The van der Waals surface area contributed by atoms with Crippen molar-refractivity contribution in [2.24, 2.45) is 5.92 Å². The molecule has 0 aromatic carbocycles. The van der Waals surface area contributed by atoms with Gasteiger partial charge in [0.05, 0.1) is 11.9 Å². The second-order valence-electron chi connectivity index (χ2n) is 4.27. The van der Waals surface area contributed by atoms with Gasteiger partial charge in [-0.05, 0) is 30.4 Å². The van der Waals surface area contributed by atoms with Crippen LogP contribution >= 0.6 is 0 Å². The molecule has 0 saturated carbocycles. The molecule has 0 rings (SSSR count). The molecular weight excluding hydrogens is 254 g/mol. The topological polar surface area (TPSA) is 80.3 Å². The largest absolute Gasteiger partial charge is 1.00 e. The first-order valence-electron chi connectivity index (χ1n) is 5.56. The molecule has 6 heteroatoms. The molecule has 0 N–H and O–H groups in total. The molecule has 0 unspecified atom stereocenters. The van der Waals surface area contributed by atoms with Crippen molar-refractivity contribution in [3.05, 3.63) is 11.6 Å². The fourth-order valence-electron chi connectivity index (χ4n) is 1.42. The smallest absolute Gasteiger partial charge is 0.545 e. The van der Waals surface area contributed by atoms with Gasteiger partial charge in [-0.15, -0.1) is 0 Å². The molecule has 0 aliphatic carbocycles. The van der Waals surface area contributed by atoms with Gasteiger partial charge in [0, 0.05) is 0 Å². The molecule has 0 atom stereocenters. The summed E-state index contributed by atoms with van der Waals surface area (Å²) in [6.45, 7) is 4.26. The first-order valence-corrected chi connectivity index (χ1v) is 5.56. The molecule has 0 aromatic heterocycles. The van der Waals surface area contributed by atoms with Crippen molar-refractivity contribution in [2.75, 3.05) is 0 Å². The van der Waals surface area contributed by atoms with Gasteiger partial charge in [0.2, 0.25) is 0 Å². The van der Waals surface area contributed by atoms with Crippen molar-refractivity contribution in [3.8, 4) is 0 Å². The molecule has 0 aliphatic heterocycles. The van der Waals surface area contributed by atoms with Gasteiger partial charge in [0.25, 0.3) is 0 Å². The van der Waals surface area contributed by atoms with Crippen LogP contribution < -0.4 is 69.3 Å². The monoisotopic (exact) mass is 272 g/mol. The molecule has 0 radical (unpaired) electrons. The third kappa shape index (κ3) is 14.7. The number of hydrogen-bond acceptors (Lipinski definition) is 4. The van der Waals surface area contributed by atoms with E-state index in [4.69, 9.17) is 0 Å². The Morgan fingerprint density at radius 3 is 2.00 bits per heavy atom. The molecular formula is C12H18Na2O4. The van der Waals surface area contributed by atoms with Gasteiger partial charge in [0.1, 0.15) is 0 Å². The Balaban J connectivity index is -0.00000112. The van der Waals surface area contributed by atoms with Gasteiger partial charge in [-0.2, -0.15) is 0 Å². The fourth-order valence-corrected chi connectivity index (χ4v) is 1.42. The molecule has 0 saturated heterocycles. The maximum Gasteiger partial charge on any atom is 1.00 e. The number of carbonyl (C=O) groups excluding carboxylic acids is 2. The molecule has 92 valence electrons. The molecule has 0 aliphatic rings. The molecule has 0 amide bonds. The Kier molecular flexibility index (Phi) is 18.6. The van der Waals surface area contributed by atoms with Gasteiger partial charge >= 0.3 is 59.1 Å². The summed E-state index contributed by atoms with van der Waals surface area (Å²) in [6, 6.07) is 0. The van der Waals surface area contributed by atoms with Crippen LogP contribution in [0.4, 0.5) is 0 Å². The number of carboxylic acid groups (broad SMARTS) is 2. The predicted molar refractivity (Wildman–Crippen MR) is 56.0 cm³/mol. The maximum atomic E-state index is 10.5. The van der Waals surface area contributed by atoms with Crippen LogP contribution in [-0.4, -0.2) is 11.9 Å². The van der Waals surface area contributed by atoms with Crippen molar-refractivity contribution in [1.82, 2.24) is 0 Å². The quantitative estimate of drug-likeness (QED) is 0.250. The average molecular weight is 272 g/mol. The van der Waals surface area contributed by atoms with Crippen LogP contribution in [0.25, 0.3) is 0 Å². The van der Waals surface area contributed by atoms with Crippen LogP contribution in [0.15, 0.2) is 11.6 Å². The van der Waals surface area contributed by atoms with E-state index in [9.17, 15) is 19.8 Å². The summed E-state index contributed by atoms with van der Waals surface area (Å²) in [4.78, 5) is 20.8. The zero-order valence-corrected chi connectivity index (χ0v) is 15.8. The Hall–Kier alpha value is 0.680. The van der Waals surface area contributed by atoms with Crippen molar-refractivity contribution in [3.63, 3.8) is 0 Å². The van der Waals surface area contributed by atoms with Crippen LogP contribution in [0.2, 0.25) is 0 Å². The minimum absolute atomic E-state index is 0. The summed E-state index contributed by atoms with van der Waals surface area (Å²) >= 11 is 0. The van der Waals surface area contributed by atoms with Crippen molar-refractivity contribution in [1.29, 1.82) is 0 Å². The van der Waals surface area contributed by atoms with E-state index in [2.05, 4.69) is 13.8 Å². The van der Waals surface area contributed by atoms with Crippen LogP contribution in [0.1, 0.15) is 46.0 Å². The fraction of sp³-hybridized carbons (Fsp3) is 0.667. The second kappa shape index (κ2) is 14.1. The number of carboxylic acids is 2. The summed E-state index contributed by atoms with van der Waals surface area (Å²) in [5, 5.41) is 20.8. The van der Waals surface area contributed by atoms with E-state index in [-0.39, 0.29) is 71.1 Å². The number of hydrogen-bond donors (Lipinski definition) is 0. The van der Waals surface area contributed by atoms with E-state index < -0.39 is 11.9 Å². The number of unbranched alkanes of at least 4 members (excludes halogenated alkanes) is 2. The second-order valence-corrected chi connectivity index (χ2v) is 4.27. The molecule has 0 fully saturated rings. The summed E-state index contributed by atoms with van der Waals surface area (Å²) < 4.78 is 0. The van der Waals surface area contributed by atoms with Gasteiger partial charge < -0.3 is 19.8 Å². The summed E-state index contributed by atoms with van der Waals surface area (Å²) in [7, 11) is 0. The van der Waals surface area contributed by atoms with E-state index in [1.54, 1.807) is 0 Å². The third-order valence-electron chi connectivity index (χ3n) is 2.28. The van der Waals surface area contributed by atoms with E-state index in [1.807, 2.05) is 0 Å². The Morgan fingerprint density at radius 1 is 1.06 bits per heavy atom. The van der Waals surface area contributed by atoms with E-state index >= 15 is 0 Å². The van der Waals surface area contributed by atoms with Crippen LogP contribution in [0, 0.1) is 5.92 Å². The number of aliphatic carboxylic acids is 2. The van der Waals surface area contributed by atoms with Gasteiger partial charge in [0.15, 0.2) is 0 Å². The summed E-state index contributed by atoms with van der Waals surface area (Å²) in [5.41, 5.74) is -0.190. The van der Waals surface area contributed by atoms with E-state index in [1.165, 1.54) is 0 Å².